The number of carbonyl (C=O) groups is 2. The molecule has 0 radical (unpaired) electrons. The fourth-order valence-electron chi connectivity index (χ4n) is 13.1. The van der Waals surface area contributed by atoms with E-state index in [-0.39, 0.29) is 54.0 Å². The van der Waals surface area contributed by atoms with E-state index in [9.17, 15) is 30.0 Å². The monoisotopic (exact) mass is 806 g/mol. The number of cyclic esters (lactones) is 1. The first-order valence-corrected chi connectivity index (χ1v) is 21.7. The lowest BCUT2D eigenvalue weighted by atomic mass is 9.43. The third kappa shape index (κ3) is 7.65. The Hall–Kier alpha value is -1.72. The number of aliphatic hydroxyl groups is 4. The van der Waals surface area contributed by atoms with Crippen molar-refractivity contribution < 1.29 is 67.9 Å². The molecule has 3 saturated heterocycles. The SMILES string of the molecule is CC(=O)O[C@H]1C[C@H](O[C@H]2[C@@H](O)C[C@H](O[C@@H]3C(C)O[C@@H](O[C@H]4CC[C@@]5(C)[C@H](CC[C@@H]6[C@@H]5CC[C@]5(C)[C@@H](C7=CC(=O)OC7)CC[C@]65O)C4)C[C@@H]3O)O[C@@H]2C)O[C@H](C)[C@H]1O. The van der Waals surface area contributed by atoms with E-state index in [1.165, 1.54) is 6.92 Å². The van der Waals surface area contributed by atoms with Gasteiger partial charge in [-0.25, -0.2) is 4.79 Å². The highest BCUT2D eigenvalue weighted by molar-refractivity contribution is 5.85. The van der Waals surface area contributed by atoms with Gasteiger partial charge in [-0.2, -0.15) is 0 Å². The Morgan fingerprint density at radius 1 is 0.754 bits per heavy atom. The second-order valence-corrected chi connectivity index (χ2v) is 19.3. The highest BCUT2D eigenvalue weighted by Gasteiger charge is 2.68. The summed E-state index contributed by atoms with van der Waals surface area (Å²) in [5, 5.41) is 45.4. The van der Waals surface area contributed by atoms with Crippen molar-refractivity contribution in [2.24, 2.45) is 34.5 Å². The third-order valence-electron chi connectivity index (χ3n) is 16.2. The first-order valence-electron chi connectivity index (χ1n) is 21.7. The van der Waals surface area contributed by atoms with Crippen LogP contribution in [-0.2, 0) is 47.5 Å². The summed E-state index contributed by atoms with van der Waals surface area (Å²) in [6.45, 7) is 11.7. The highest BCUT2D eigenvalue weighted by Crippen LogP contribution is 2.70. The molecule has 0 aromatic heterocycles. The van der Waals surface area contributed by atoms with Gasteiger partial charge >= 0.3 is 11.9 Å². The molecule has 4 aliphatic heterocycles. The van der Waals surface area contributed by atoms with Crippen LogP contribution < -0.4 is 0 Å². The molecule has 1 unspecified atom stereocenters. The van der Waals surface area contributed by atoms with Gasteiger partial charge in [0.2, 0.25) is 0 Å². The van der Waals surface area contributed by atoms with Crippen LogP contribution in [0.5, 0.6) is 0 Å². The summed E-state index contributed by atoms with van der Waals surface area (Å²) in [5.41, 5.74) is 0.189. The van der Waals surface area contributed by atoms with Crippen LogP contribution in [0.15, 0.2) is 11.6 Å². The molecule has 322 valence electrons. The molecule has 0 bridgehead atoms. The molecule has 4 heterocycles. The molecule has 0 aromatic carbocycles. The van der Waals surface area contributed by atoms with Gasteiger partial charge in [-0.1, -0.05) is 13.8 Å². The number of esters is 2. The molecule has 14 heteroatoms. The van der Waals surface area contributed by atoms with Crippen molar-refractivity contribution >= 4 is 11.9 Å². The maximum absolute atomic E-state index is 12.6. The average molecular weight is 807 g/mol. The molecule has 0 spiro atoms. The van der Waals surface area contributed by atoms with E-state index in [1.807, 2.05) is 6.92 Å². The quantitative estimate of drug-likeness (QED) is 0.205. The number of ether oxygens (including phenoxy) is 8. The van der Waals surface area contributed by atoms with Gasteiger partial charge in [0.05, 0.1) is 42.2 Å². The van der Waals surface area contributed by atoms with E-state index in [4.69, 9.17) is 37.9 Å². The maximum atomic E-state index is 12.6. The zero-order valence-electron chi connectivity index (χ0n) is 34.5. The standard InChI is InChI=1S/C43H66O14/c1-21-38(48)33(54-24(4)44)19-37(51-21)57-40-23(3)53-36(18-32(40)46)56-39-22(2)52-35(17-31(39)45)55-27-9-12-41(5)26(16-27)7-8-30-29(41)10-13-42(6)28(11-14-43(30,42)49)25-15-34(47)50-20-25/h15,21-23,26-33,35-40,45-46,48-49H,7-14,16-20H2,1-6H3/t21-,22?,23-,26-,27+,28-,29+,30-,31+,32+,33+,35+,36+,37+,38-,39-,40-,41+,42-,43+/m1/s1. The van der Waals surface area contributed by atoms with E-state index in [0.29, 0.717) is 18.4 Å². The number of hydrogen-bond acceptors (Lipinski definition) is 14. The minimum absolute atomic E-state index is 0.0134. The Balaban J connectivity index is 0.819. The number of fused-ring (bicyclic) bond motifs is 5. The summed E-state index contributed by atoms with van der Waals surface area (Å²) in [6, 6.07) is 0. The van der Waals surface area contributed by atoms with Crippen molar-refractivity contribution in [3.8, 4) is 0 Å². The molecule has 4 aliphatic carbocycles. The Morgan fingerprint density at radius 3 is 2.00 bits per heavy atom. The van der Waals surface area contributed by atoms with Crippen LogP contribution in [0.1, 0.15) is 119 Å². The zero-order chi connectivity index (χ0) is 40.6. The lowest BCUT2D eigenvalue weighted by Crippen LogP contribution is -2.62. The fraction of sp³-hybridized carbons (Fsp3) is 0.907. The molecule has 14 nitrogen and oxygen atoms in total. The fourth-order valence-corrected chi connectivity index (χ4v) is 13.1. The van der Waals surface area contributed by atoms with Gasteiger partial charge in [-0.15, -0.1) is 0 Å². The number of aliphatic hydroxyl groups excluding tert-OH is 3. The van der Waals surface area contributed by atoms with Crippen LogP contribution in [0.25, 0.3) is 0 Å². The average Bonchev–Trinajstić information content (AvgIpc) is 3.69. The summed E-state index contributed by atoms with van der Waals surface area (Å²) in [5.74, 6) is 0.591. The first kappa shape index (κ1) is 42.0. The van der Waals surface area contributed by atoms with Gasteiger partial charge in [0, 0.05) is 37.7 Å². The lowest BCUT2D eigenvalue weighted by Gasteiger charge is -2.64. The van der Waals surface area contributed by atoms with E-state index in [1.54, 1.807) is 19.9 Å². The van der Waals surface area contributed by atoms with Gasteiger partial charge < -0.3 is 58.3 Å². The number of hydrogen-bond donors (Lipinski definition) is 4. The van der Waals surface area contributed by atoms with Crippen molar-refractivity contribution in [3.05, 3.63) is 11.6 Å². The minimum atomic E-state index is -0.992. The Kier molecular flexibility index (Phi) is 11.8. The third-order valence-corrected chi connectivity index (χ3v) is 16.2. The van der Waals surface area contributed by atoms with Crippen LogP contribution in [0.2, 0.25) is 0 Å². The minimum Gasteiger partial charge on any atom is -0.459 e. The lowest BCUT2D eigenvalue weighted by molar-refractivity contribution is -0.336. The smallest absolute Gasteiger partial charge is 0.331 e. The second kappa shape index (κ2) is 16.0. The molecule has 0 aromatic rings. The van der Waals surface area contributed by atoms with Gasteiger partial charge in [0.1, 0.15) is 31.0 Å². The van der Waals surface area contributed by atoms with Crippen LogP contribution >= 0.6 is 0 Å². The Labute approximate surface area is 336 Å². The predicted molar refractivity (Wildman–Crippen MR) is 201 cm³/mol. The molecule has 0 amide bonds. The van der Waals surface area contributed by atoms with E-state index in [0.717, 1.165) is 63.4 Å². The topological polar surface area (TPSA) is 189 Å². The Bertz CT molecular complexity index is 1500. The normalized spacial score (nSPS) is 52.6. The van der Waals surface area contributed by atoms with Crippen molar-refractivity contribution in [3.63, 3.8) is 0 Å². The maximum Gasteiger partial charge on any atom is 0.331 e. The van der Waals surface area contributed by atoms with Crippen LogP contribution in [0.3, 0.4) is 0 Å². The summed E-state index contributed by atoms with van der Waals surface area (Å²) >= 11 is 0. The van der Waals surface area contributed by atoms with E-state index < -0.39 is 85.4 Å². The summed E-state index contributed by atoms with van der Waals surface area (Å²) in [6.07, 6.45) is 1.76. The molecular formula is C43H66O14. The first-order chi connectivity index (χ1) is 27.0. The van der Waals surface area contributed by atoms with Crippen LogP contribution in [0, 0.1) is 34.5 Å². The van der Waals surface area contributed by atoms with Crippen molar-refractivity contribution in [1.29, 1.82) is 0 Å². The van der Waals surface area contributed by atoms with Crippen molar-refractivity contribution in [2.45, 2.75) is 204 Å². The molecule has 4 saturated carbocycles. The van der Waals surface area contributed by atoms with E-state index in [2.05, 4.69) is 13.8 Å². The highest BCUT2D eigenvalue weighted by atomic mass is 16.7. The molecular weight excluding hydrogens is 740 g/mol. The van der Waals surface area contributed by atoms with Gasteiger partial charge in [-0.3, -0.25) is 4.79 Å². The predicted octanol–water partition coefficient (Wildman–Crippen LogP) is 3.82. The van der Waals surface area contributed by atoms with Crippen molar-refractivity contribution in [1.82, 2.24) is 0 Å². The van der Waals surface area contributed by atoms with Crippen LogP contribution in [-0.4, -0.2) is 124 Å². The molecule has 57 heavy (non-hydrogen) atoms. The second-order valence-electron chi connectivity index (χ2n) is 19.3. The van der Waals surface area contributed by atoms with Crippen molar-refractivity contribution in [2.75, 3.05) is 6.61 Å². The summed E-state index contributed by atoms with van der Waals surface area (Å²) in [4.78, 5) is 23.5. The van der Waals surface area contributed by atoms with E-state index >= 15 is 0 Å². The van der Waals surface area contributed by atoms with Gasteiger partial charge in [-0.05, 0) is 113 Å². The summed E-state index contributed by atoms with van der Waals surface area (Å²) < 4.78 is 47.8. The Morgan fingerprint density at radius 2 is 1.39 bits per heavy atom. The number of rotatable bonds is 8. The van der Waals surface area contributed by atoms with Gasteiger partial charge in [0.15, 0.2) is 18.9 Å². The zero-order valence-corrected chi connectivity index (χ0v) is 34.5. The van der Waals surface area contributed by atoms with Crippen LogP contribution in [0.4, 0.5) is 0 Å². The molecule has 20 atom stereocenters. The largest absolute Gasteiger partial charge is 0.459 e. The summed E-state index contributed by atoms with van der Waals surface area (Å²) in [7, 11) is 0. The van der Waals surface area contributed by atoms with Gasteiger partial charge in [0.25, 0.3) is 0 Å². The molecule has 4 N–H and O–H groups in total. The number of carbonyl (C=O) groups excluding carboxylic acids is 2. The molecule has 7 fully saturated rings. The molecule has 8 rings (SSSR count). The molecule has 8 aliphatic rings.